The molecular weight excluding hydrogens is 304 g/mol. The standard InChI is InChI=1S/C23H22N2/c1-16-17(2)23-24(18-10-4-3-5-11-18)21-14-8-9-15-22(21)25(23)20-13-7-6-12-19(16)20/h3-17,23H,1-2H3. The summed E-state index contributed by atoms with van der Waals surface area (Å²) in [6.07, 6.45) is 0.310. The number of fused-ring (bicyclic) bond motifs is 5. The summed E-state index contributed by atoms with van der Waals surface area (Å²) in [5, 5.41) is 0. The zero-order valence-electron chi connectivity index (χ0n) is 14.6. The highest BCUT2D eigenvalue weighted by Gasteiger charge is 2.46. The van der Waals surface area contributed by atoms with Gasteiger partial charge in [-0.05, 0) is 41.8 Å². The lowest BCUT2D eigenvalue weighted by Crippen LogP contribution is -2.48. The predicted molar refractivity (Wildman–Crippen MR) is 105 cm³/mol. The van der Waals surface area contributed by atoms with Crippen LogP contribution in [0.4, 0.5) is 22.7 Å². The van der Waals surface area contributed by atoms with Crippen molar-refractivity contribution in [2.24, 2.45) is 5.92 Å². The van der Waals surface area contributed by atoms with E-state index in [4.69, 9.17) is 0 Å². The molecule has 3 unspecified atom stereocenters. The molecule has 0 aromatic heterocycles. The van der Waals surface area contributed by atoms with Crippen molar-refractivity contribution in [2.75, 3.05) is 9.80 Å². The third-order valence-corrected chi connectivity index (χ3v) is 5.91. The van der Waals surface area contributed by atoms with E-state index < -0.39 is 0 Å². The second-order valence-electron chi connectivity index (χ2n) is 7.18. The molecule has 3 aromatic carbocycles. The van der Waals surface area contributed by atoms with Crippen LogP contribution < -0.4 is 9.80 Å². The second kappa shape index (κ2) is 5.38. The van der Waals surface area contributed by atoms with Crippen LogP contribution in [-0.2, 0) is 0 Å². The smallest absolute Gasteiger partial charge is 0.114 e. The van der Waals surface area contributed by atoms with Gasteiger partial charge in [0.2, 0.25) is 0 Å². The average molecular weight is 326 g/mol. The topological polar surface area (TPSA) is 6.48 Å². The molecule has 2 aliphatic heterocycles. The Morgan fingerprint density at radius 3 is 1.88 bits per heavy atom. The number of rotatable bonds is 1. The summed E-state index contributed by atoms with van der Waals surface area (Å²) in [5.74, 6) is 1.04. The Hall–Kier alpha value is -2.74. The van der Waals surface area contributed by atoms with Crippen LogP contribution in [0.1, 0.15) is 25.3 Å². The first kappa shape index (κ1) is 14.6. The highest BCUT2D eigenvalue weighted by Crippen LogP contribution is 2.55. The van der Waals surface area contributed by atoms with E-state index in [1.54, 1.807) is 0 Å². The van der Waals surface area contributed by atoms with Crippen molar-refractivity contribution in [1.82, 2.24) is 0 Å². The average Bonchev–Trinajstić information content (AvgIpc) is 3.02. The van der Waals surface area contributed by atoms with Crippen molar-refractivity contribution in [3.8, 4) is 0 Å². The van der Waals surface area contributed by atoms with Gasteiger partial charge in [-0.25, -0.2) is 0 Å². The van der Waals surface area contributed by atoms with Crippen LogP contribution in [0.5, 0.6) is 0 Å². The van der Waals surface area contributed by atoms with Crippen LogP contribution in [0.25, 0.3) is 0 Å². The number of nitrogens with zero attached hydrogens (tertiary/aromatic N) is 2. The van der Waals surface area contributed by atoms with Gasteiger partial charge in [0.05, 0.1) is 11.4 Å². The van der Waals surface area contributed by atoms with Crippen LogP contribution in [0.2, 0.25) is 0 Å². The van der Waals surface area contributed by atoms with Gasteiger partial charge in [-0.3, -0.25) is 0 Å². The summed E-state index contributed by atoms with van der Waals surface area (Å²) in [6.45, 7) is 4.76. The van der Waals surface area contributed by atoms with Gasteiger partial charge >= 0.3 is 0 Å². The SMILES string of the molecule is CC1c2ccccc2N2c3ccccc3N(c3ccccc3)C2C1C. The monoisotopic (exact) mass is 326 g/mol. The van der Waals surface area contributed by atoms with E-state index in [0.717, 1.165) is 0 Å². The summed E-state index contributed by atoms with van der Waals surface area (Å²) in [5.41, 5.74) is 6.68. The van der Waals surface area contributed by atoms with Crippen molar-refractivity contribution in [3.05, 3.63) is 84.4 Å². The lowest BCUT2D eigenvalue weighted by molar-refractivity contribution is 0.386. The molecule has 2 heterocycles. The van der Waals surface area contributed by atoms with Gasteiger partial charge in [0.25, 0.3) is 0 Å². The van der Waals surface area contributed by atoms with Crippen LogP contribution in [-0.4, -0.2) is 6.17 Å². The molecule has 0 amide bonds. The van der Waals surface area contributed by atoms with Gasteiger partial charge < -0.3 is 9.80 Å². The molecule has 3 aromatic rings. The molecule has 2 heteroatoms. The molecule has 0 aliphatic carbocycles. The Labute approximate surface area is 149 Å². The highest BCUT2D eigenvalue weighted by atomic mass is 15.4. The highest BCUT2D eigenvalue weighted by molar-refractivity contribution is 5.90. The minimum absolute atomic E-state index is 0.310. The van der Waals surface area contributed by atoms with Gasteiger partial charge in [-0.2, -0.15) is 0 Å². The summed E-state index contributed by atoms with van der Waals surface area (Å²) >= 11 is 0. The lowest BCUT2D eigenvalue weighted by atomic mass is 9.81. The predicted octanol–water partition coefficient (Wildman–Crippen LogP) is 6.06. The normalized spacial score (nSPS) is 23.8. The molecule has 0 N–H and O–H groups in total. The fourth-order valence-electron chi connectivity index (χ4n) is 4.53. The first-order chi connectivity index (χ1) is 12.3. The zero-order chi connectivity index (χ0) is 17.0. The molecule has 0 bridgehead atoms. The van der Waals surface area contributed by atoms with Gasteiger partial charge in [0.1, 0.15) is 6.17 Å². The van der Waals surface area contributed by atoms with E-state index in [9.17, 15) is 0 Å². The molecule has 5 rings (SSSR count). The molecule has 0 fully saturated rings. The lowest BCUT2D eigenvalue weighted by Gasteiger charge is -2.45. The van der Waals surface area contributed by atoms with Crippen molar-refractivity contribution in [2.45, 2.75) is 25.9 Å². The van der Waals surface area contributed by atoms with E-state index in [1.165, 1.54) is 28.3 Å². The van der Waals surface area contributed by atoms with E-state index in [1.807, 2.05) is 0 Å². The van der Waals surface area contributed by atoms with Crippen molar-refractivity contribution in [1.29, 1.82) is 0 Å². The minimum Gasteiger partial charge on any atom is -0.318 e. The third kappa shape index (κ3) is 1.97. The molecule has 0 saturated carbocycles. The van der Waals surface area contributed by atoms with Gasteiger partial charge in [0, 0.05) is 17.3 Å². The van der Waals surface area contributed by atoms with Crippen molar-refractivity contribution < 1.29 is 0 Å². The fraction of sp³-hybridized carbons (Fsp3) is 0.217. The van der Waals surface area contributed by atoms with E-state index in [0.29, 0.717) is 18.0 Å². The first-order valence-electron chi connectivity index (χ1n) is 9.09. The summed E-state index contributed by atoms with van der Waals surface area (Å²) in [6, 6.07) is 28.5. The summed E-state index contributed by atoms with van der Waals surface area (Å²) in [4.78, 5) is 5.06. The molecule has 0 spiro atoms. The Morgan fingerprint density at radius 1 is 0.600 bits per heavy atom. The van der Waals surface area contributed by atoms with E-state index in [-0.39, 0.29) is 0 Å². The van der Waals surface area contributed by atoms with Crippen molar-refractivity contribution >= 4 is 22.7 Å². The summed E-state index contributed by atoms with van der Waals surface area (Å²) in [7, 11) is 0. The van der Waals surface area contributed by atoms with Crippen molar-refractivity contribution in [3.63, 3.8) is 0 Å². The van der Waals surface area contributed by atoms with Crippen LogP contribution >= 0.6 is 0 Å². The van der Waals surface area contributed by atoms with Crippen LogP contribution in [0, 0.1) is 5.92 Å². The number of anilines is 4. The molecular formula is C23H22N2. The Balaban J connectivity index is 1.77. The molecule has 25 heavy (non-hydrogen) atoms. The maximum Gasteiger partial charge on any atom is 0.114 e. The van der Waals surface area contributed by atoms with Crippen LogP contribution in [0.3, 0.4) is 0 Å². The molecule has 2 nitrogen and oxygen atoms in total. The van der Waals surface area contributed by atoms with E-state index >= 15 is 0 Å². The molecule has 0 saturated heterocycles. The van der Waals surface area contributed by atoms with Gasteiger partial charge in [0.15, 0.2) is 0 Å². The molecule has 0 radical (unpaired) electrons. The quantitative estimate of drug-likeness (QED) is 0.536. The zero-order valence-corrected chi connectivity index (χ0v) is 14.6. The number of hydrogen-bond donors (Lipinski definition) is 0. The van der Waals surface area contributed by atoms with Crippen LogP contribution in [0.15, 0.2) is 78.9 Å². The molecule has 124 valence electrons. The second-order valence-corrected chi connectivity index (χ2v) is 7.18. The minimum atomic E-state index is 0.310. The number of benzene rings is 3. The van der Waals surface area contributed by atoms with Gasteiger partial charge in [-0.15, -0.1) is 0 Å². The fourth-order valence-corrected chi connectivity index (χ4v) is 4.53. The third-order valence-electron chi connectivity index (χ3n) is 5.91. The maximum absolute atomic E-state index is 2.54. The summed E-state index contributed by atoms with van der Waals surface area (Å²) < 4.78 is 0. The number of hydrogen-bond acceptors (Lipinski definition) is 2. The Kier molecular flexibility index (Phi) is 3.14. The Bertz CT molecular complexity index is 918. The molecule has 2 aliphatic rings. The first-order valence-corrected chi connectivity index (χ1v) is 9.09. The Morgan fingerprint density at radius 2 is 1.16 bits per heavy atom. The largest absolute Gasteiger partial charge is 0.318 e. The number of para-hydroxylation sites is 4. The maximum atomic E-state index is 2.54. The van der Waals surface area contributed by atoms with Gasteiger partial charge in [-0.1, -0.05) is 62.4 Å². The van der Waals surface area contributed by atoms with E-state index in [2.05, 4.69) is 103 Å². The molecule has 3 atom stereocenters.